The highest BCUT2D eigenvalue weighted by Crippen LogP contribution is 2.06. The quantitative estimate of drug-likeness (QED) is 0.447. The molecular weight excluding hydrogens is 341 g/mol. The van der Waals surface area contributed by atoms with E-state index in [0.717, 1.165) is 19.0 Å². The van der Waals surface area contributed by atoms with E-state index in [1.165, 1.54) is 19.1 Å². The van der Waals surface area contributed by atoms with Gasteiger partial charge in [0.1, 0.15) is 9.84 Å². The van der Waals surface area contributed by atoms with E-state index in [4.69, 9.17) is 0 Å². The predicted molar refractivity (Wildman–Crippen MR) is 77.3 cm³/mol. The van der Waals surface area contributed by atoms with Crippen LogP contribution in [0.25, 0.3) is 0 Å². The monoisotopic (exact) mass is 361 g/mol. The first-order chi connectivity index (χ1) is 7.03. The summed E-state index contributed by atoms with van der Waals surface area (Å²) < 4.78 is 21.9. The summed E-state index contributed by atoms with van der Waals surface area (Å²) in [5, 5.41) is 3.06. The zero-order chi connectivity index (χ0) is 11.3. The number of sulfone groups is 1. The lowest BCUT2D eigenvalue weighted by atomic mass is 10.4. The smallest absolute Gasteiger partial charge is 0.193 e. The van der Waals surface area contributed by atoms with Crippen molar-refractivity contribution in [3.05, 3.63) is 0 Å². The Bertz CT molecular complexity index is 324. The van der Waals surface area contributed by atoms with E-state index in [-0.39, 0.29) is 29.7 Å². The SMILES string of the molecule is CN=C(NCCS(C)(=O)=O)N1CCCC1.I. The Morgan fingerprint density at radius 2 is 1.94 bits per heavy atom. The van der Waals surface area contributed by atoms with Crippen molar-refractivity contribution in [2.75, 3.05) is 38.7 Å². The average Bonchev–Trinajstić information content (AvgIpc) is 2.63. The first kappa shape index (κ1) is 16.0. The lowest BCUT2D eigenvalue weighted by Gasteiger charge is -2.20. The van der Waals surface area contributed by atoms with E-state index in [2.05, 4.69) is 15.2 Å². The molecule has 1 heterocycles. The van der Waals surface area contributed by atoms with Crippen molar-refractivity contribution in [1.82, 2.24) is 10.2 Å². The summed E-state index contributed by atoms with van der Waals surface area (Å²) in [5.74, 6) is 0.969. The number of halogens is 1. The molecule has 1 aliphatic heterocycles. The average molecular weight is 361 g/mol. The van der Waals surface area contributed by atoms with Crippen molar-refractivity contribution < 1.29 is 8.42 Å². The van der Waals surface area contributed by atoms with E-state index in [0.29, 0.717) is 6.54 Å². The largest absolute Gasteiger partial charge is 0.355 e. The summed E-state index contributed by atoms with van der Waals surface area (Å²) in [6, 6.07) is 0. The van der Waals surface area contributed by atoms with Crippen LogP contribution in [0.2, 0.25) is 0 Å². The van der Waals surface area contributed by atoms with Crippen LogP contribution in [0.15, 0.2) is 4.99 Å². The molecule has 0 aromatic carbocycles. The second kappa shape index (κ2) is 7.31. The molecule has 96 valence electrons. The number of hydrogen-bond acceptors (Lipinski definition) is 3. The minimum Gasteiger partial charge on any atom is -0.355 e. The summed E-state index contributed by atoms with van der Waals surface area (Å²) in [4.78, 5) is 6.28. The molecule has 7 heteroatoms. The molecule has 1 aliphatic rings. The second-order valence-electron chi connectivity index (χ2n) is 3.80. The first-order valence-corrected chi connectivity index (χ1v) is 7.22. The molecule has 1 rings (SSSR count). The maximum absolute atomic E-state index is 10.9. The number of rotatable bonds is 3. The fraction of sp³-hybridized carbons (Fsp3) is 0.889. The molecule has 0 amide bonds. The molecule has 16 heavy (non-hydrogen) atoms. The number of aliphatic imine (C=N–C) groups is 1. The molecule has 0 aromatic heterocycles. The number of nitrogens with one attached hydrogen (secondary N) is 1. The van der Waals surface area contributed by atoms with Gasteiger partial charge in [-0.25, -0.2) is 8.42 Å². The lowest BCUT2D eigenvalue weighted by Crippen LogP contribution is -2.41. The van der Waals surface area contributed by atoms with E-state index in [1.807, 2.05) is 0 Å². The molecule has 0 saturated carbocycles. The van der Waals surface area contributed by atoms with Gasteiger partial charge in [-0.05, 0) is 12.8 Å². The number of likely N-dealkylation sites (tertiary alicyclic amines) is 1. The zero-order valence-corrected chi connectivity index (χ0v) is 12.9. The molecule has 1 saturated heterocycles. The standard InChI is InChI=1S/C9H19N3O2S.HI/c1-10-9(12-6-3-4-7-12)11-5-8-15(2,13)14;/h3-8H2,1-2H3,(H,10,11);1H. The van der Waals surface area contributed by atoms with Gasteiger partial charge in [0.2, 0.25) is 0 Å². The Hall–Kier alpha value is -0.0500. The van der Waals surface area contributed by atoms with Crippen molar-refractivity contribution >= 4 is 39.8 Å². The fourth-order valence-electron chi connectivity index (χ4n) is 1.61. The van der Waals surface area contributed by atoms with Gasteiger partial charge in [0, 0.05) is 32.9 Å². The summed E-state index contributed by atoms with van der Waals surface area (Å²) in [6.45, 7) is 2.46. The van der Waals surface area contributed by atoms with E-state index < -0.39 is 9.84 Å². The molecule has 0 spiro atoms. The molecule has 5 nitrogen and oxygen atoms in total. The fourth-order valence-corrected chi connectivity index (χ4v) is 2.08. The molecule has 0 atom stereocenters. The first-order valence-electron chi connectivity index (χ1n) is 5.16. The molecule has 1 N–H and O–H groups in total. The van der Waals surface area contributed by atoms with Gasteiger partial charge in [-0.15, -0.1) is 24.0 Å². The lowest BCUT2D eigenvalue weighted by molar-refractivity contribution is 0.496. The van der Waals surface area contributed by atoms with Crippen LogP contribution in [0, 0.1) is 0 Å². The molecule has 0 aliphatic carbocycles. The maximum Gasteiger partial charge on any atom is 0.193 e. The van der Waals surface area contributed by atoms with Crippen LogP contribution in [0.4, 0.5) is 0 Å². The molecule has 1 fully saturated rings. The third-order valence-corrected chi connectivity index (χ3v) is 3.32. The molecular formula is C9H20IN3O2S. The number of guanidine groups is 1. The Balaban J connectivity index is 0.00000225. The molecule has 0 unspecified atom stereocenters. The van der Waals surface area contributed by atoms with Crippen LogP contribution in [0.3, 0.4) is 0 Å². The van der Waals surface area contributed by atoms with Crippen molar-refractivity contribution in [3.8, 4) is 0 Å². The van der Waals surface area contributed by atoms with Crippen LogP contribution < -0.4 is 5.32 Å². The maximum atomic E-state index is 10.9. The Morgan fingerprint density at radius 3 is 2.38 bits per heavy atom. The third-order valence-electron chi connectivity index (χ3n) is 2.37. The van der Waals surface area contributed by atoms with Gasteiger partial charge in [-0.3, -0.25) is 4.99 Å². The summed E-state index contributed by atoms with van der Waals surface area (Å²) in [6.07, 6.45) is 3.62. The highest BCUT2D eigenvalue weighted by Gasteiger charge is 2.15. The minimum absolute atomic E-state index is 0. The van der Waals surface area contributed by atoms with Crippen LogP contribution in [0.5, 0.6) is 0 Å². The molecule has 0 aromatic rings. The predicted octanol–water partition coefficient (Wildman–Crippen LogP) is 0.320. The van der Waals surface area contributed by atoms with Gasteiger partial charge < -0.3 is 10.2 Å². The van der Waals surface area contributed by atoms with Crippen LogP contribution in [0.1, 0.15) is 12.8 Å². The Morgan fingerprint density at radius 1 is 1.38 bits per heavy atom. The normalized spacial score (nSPS) is 17.1. The van der Waals surface area contributed by atoms with Gasteiger partial charge in [0.15, 0.2) is 5.96 Å². The highest BCUT2D eigenvalue weighted by molar-refractivity contribution is 14.0. The molecule has 0 bridgehead atoms. The van der Waals surface area contributed by atoms with E-state index in [1.54, 1.807) is 7.05 Å². The summed E-state index contributed by atoms with van der Waals surface area (Å²) in [7, 11) is -1.16. The van der Waals surface area contributed by atoms with E-state index >= 15 is 0 Å². The van der Waals surface area contributed by atoms with Crippen LogP contribution in [-0.2, 0) is 9.84 Å². The third kappa shape index (κ3) is 5.88. The van der Waals surface area contributed by atoms with Gasteiger partial charge in [0.05, 0.1) is 5.75 Å². The highest BCUT2D eigenvalue weighted by atomic mass is 127. The van der Waals surface area contributed by atoms with Crippen LogP contribution in [-0.4, -0.2) is 58.0 Å². The van der Waals surface area contributed by atoms with Gasteiger partial charge >= 0.3 is 0 Å². The van der Waals surface area contributed by atoms with Crippen molar-refractivity contribution in [2.24, 2.45) is 4.99 Å². The number of hydrogen-bond donors (Lipinski definition) is 1. The topological polar surface area (TPSA) is 61.8 Å². The number of nitrogens with zero attached hydrogens (tertiary/aromatic N) is 2. The van der Waals surface area contributed by atoms with Crippen molar-refractivity contribution in [3.63, 3.8) is 0 Å². The zero-order valence-electron chi connectivity index (χ0n) is 9.77. The van der Waals surface area contributed by atoms with Crippen molar-refractivity contribution in [2.45, 2.75) is 12.8 Å². The van der Waals surface area contributed by atoms with Crippen molar-refractivity contribution in [1.29, 1.82) is 0 Å². The van der Waals surface area contributed by atoms with Gasteiger partial charge in [-0.1, -0.05) is 0 Å². The summed E-state index contributed by atoms with van der Waals surface area (Å²) in [5.41, 5.74) is 0. The second-order valence-corrected chi connectivity index (χ2v) is 6.06. The van der Waals surface area contributed by atoms with E-state index in [9.17, 15) is 8.42 Å². The van der Waals surface area contributed by atoms with Gasteiger partial charge in [0.25, 0.3) is 0 Å². The van der Waals surface area contributed by atoms with Crippen LogP contribution >= 0.6 is 24.0 Å². The minimum atomic E-state index is -2.89. The summed E-state index contributed by atoms with van der Waals surface area (Å²) >= 11 is 0. The Kier molecular flexibility index (Phi) is 7.29. The Labute approximate surface area is 115 Å². The molecule has 0 radical (unpaired) electrons. The van der Waals surface area contributed by atoms with Gasteiger partial charge in [-0.2, -0.15) is 0 Å².